The van der Waals surface area contributed by atoms with Crippen LogP contribution in [0.15, 0.2) is 18.2 Å². The third-order valence-corrected chi connectivity index (χ3v) is 3.97. The van der Waals surface area contributed by atoms with Crippen LogP contribution >= 0.6 is 11.6 Å². The summed E-state index contributed by atoms with van der Waals surface area (Å²) in [6, 6.07) is 4.96. The summed E-state index contributed by atoms with van der Waals surface area (Å²) in [6.45, 7) is 0. The summed E-state index contributed by atoms with van der Waals surface area (Å²) in [5.74, 6) is 1.19. The van der Waals surface area contributed by atoms with Crippen LogP contribution in [0.3, 0.4) is 0 Å². The van der Waals surface area contributed by atoms with Gasteiger partial charge in [-0.15, -0.1) is 0 Å². The van der Waals surface area contributed by atoms with Crippen molar-refractivity contribution in [3.8, 4) is 17.1 Å². The molecule has 1 aromatic heterocycles. The molecule has 4 nitrogen and oxygen atoms in total. The lowest BCUT2D eigenvalue weighted by atomic mass is 10.1. The number of fused-ring (bicyclic) bond motifs is 1. The van der Waals surface area contributed by atoms with Gasteiger partial charge in [0.1, 0.15) is 11.6 Å². The van der Waals surface area contributed by atoms with Crippen molar-refractivity contribution in [2.75, 3.05) is 5.73 Å². The van der Waals surface area contributed by atoms with Crippen molar-refractivity contribution in [2.45, 2.75) is 32.1 Å². The van der Waals surface area contributed by atoms with Crippen LogP contribution in [-0.2, 0) is 12.8 Å². The molecule has 0 spiro atoms. The number of aryl methyl sites for hydroxylation is 1. The predicted octanol–water partition coefficient (Wildman–Crippen LogP) is 3.35. The largest absolute Gasteiger partial charge is 0.506 e. The van der Waals surface area contributed by atoms with Crippen LogP contribution in [0.5, 0.6) is 5.75 Å². The van der Waals surface area contributed by atoms with Crippen molar-refractivity contribution in [2.24, 2.45) is 0 Å². The first-order valence-electron chi connectivity index (χ1n) is 6.79. The van der Waals surface area contributed by atoms with Gasteiger partial charge < -0.3 is 10.8 Å². The molecule has 0 amide bonds. The Morgan fingerprint density at radius 1 is 1.10 bits per heavy atom. The van der Waals surface area contributed by atoms with Gasteiger partial charge >= 0.3 is 0 Å². The summed E-state index contributed by atoms with van der Waals surface area (Å²) in [5, 5.41) is 9.77. The van der Waals surface area contributed by atoms with Gasteiger partial charge in [0.25, 0.3) is 0 Å². The topological polar surface area (TPSA) is 72.0 Å². The average Bonchev–Trinajstić information content (AvgIpc) is 2.67. The molecule has 0 saturated heterocycles. The number of hydrogen-bond acceptors (Lipinski definition) is 4. The van der Waals surface area contributed by atoms with Crippen LogP contribution in [0.4, 0.5) is 5.82 Å². The summed E-state index contributed by atoms with van der Waals surface area (Å²) in [5.41, 5.74) is 9.00. The second-order valence-corrected chi connectivity index (χ2v) is 5.49. The SMILES string of the molecule is Nc1nc(-c2ccc(O)c(Cl)c2)nc2c1CCCCC2. The van der Waals surface area contributed by atoms with E-state index in [1.807, 2.05) is 0 Å². The summed E-state index contributed by atoms with van der Waals surface area (Å²) in [7, 11) is 0. The van der Waals surface area contributed by atoms with Gasteiger partial charge in [-0.2, -0.15) is 0 Å². The van der Waals surface area contributed by atoms with Crippen LogP contribution in [0.2, 0.25) is 5.02 Å². The maximum Gasteiger partial charge on any atom is 0.161 e. The fourth-order valence-corrected chi connectivity index (χ4v) is 2.76. The maximum atomic E-state index is 9.48. The Morgan fingerprint density at radius 2 is 1.90 bits per heavy atom. The molecule has 5 heteroatoms. The third-order valence-electron chi connectivity index (χ3n) is 3.67. The Kier molecular flexibility index (Phi) is 3.49. The molecule has 20 heavy (non-hydrogen) atoms. The molecule has 0 bridgehead atoms. The zero-order valence-corrected chi connectivity index (χ0v) is 11.8. The van der Waals surface area contributed by atoms with Crippen molar-refractivity contribution >= 4 is 17.4 Å². The van der Waals surface area contributed by atoms with Crippen molar-refractivity contribution in [1.82, 2.24) is 9.97 Å². The molecule has 0 atom stereocenters. The lowest BCUT2D eigenvalue weighted by molar-refractivity contribution is 0.475. The predicted molar refractivity (Wildman–Crippen MR) is 79.8 cm³/mol. The zero-order chi connectivity index (χ0) is 14.1. The minimum absolute atomic E-state index is 0.0538. The summed E-state index contributed by atoms with van der Waals surface area (Å²) < 4.78 is 0. The van der Waals surface area contributed by atoms with E-state index in [-0.39, 0.29) is 5.75 Å². The lowest BCUT2D eigenvalue weighted by Gasteiger charge is -2.10. The highest BCUT2D eigenvalue weighted by molar-refractivity contribution is 6.32. The molecule has 0 aliphatic heterocycles. The highest BCUT2D eigenvalue weighted by Gasteiger charge is 2.16. The number of aromatic nitrogens is 2. The number of phenols is 1. The van der Waals surface area contributed by atoms with E-state index in [9.17, 15) is 5.11 Å². The zero-order valence-electron chi connectivity index (χ0n) is 11.1. The van der Waals surface area contributed by atoms with Gasteiger partial charge in [-0.3, -0.25) is 0 Å². The molecule has 1 aliphatic carbocycles. The highest BCUT2D eigenvalue weighted by atomic mass is 35.5. The van der Waals surface area contributed by atoms with E-state index in [0.717, 1.165) is 42.5 Å². The molecule has 104 valence electrons. The van der Waals surface area contributed by atoms with Gasteiger partial charge in [0.2, 0.25) is 0 Å². The number of nitrogens with zero attached hydrogens (tertiary/aromatic N) is 2. The summed E-state index contributed by atoms with van der Waals surface area (Å²) in [4.78, 5) is 9.04. The van der Waals surface area contributed by atoms with E-state index in [2.05, 4.69) is 9.97 Å². The van der Waals surface area contributed by atoms with E-state index in [1.165, 1.54) is 6.42 Å². The fraction of sp³-hybridized carbons (Fsp3) is 0.333. The van der Waals surface area contributed by atoms with Crippen LogP contribution in [0, 0.1) is 0 Å². The van der Waals surface area contributed by atoms with Gasteiger partial charge in [0.05, 0.1) is 5.02 Å². The molecule has 0 saturated carbocycles. The average molecular weight is 290 g/mol. The van der Waals surface area contributed by atoms with Crippen LogP contribution in [0.1, 0.15) is 30.5 Å². The van der Waals surface area contributed by atoms with Crippen molar-refractivity contribution < 1.29 is 5.11 Å². The molecule has 2 aromatic rings. The molecule has 1 aromatic carbocycles. The van der Waals surface area contributed by atoms with Gasteiger partial charge in [0, 0.05) is 16.8 Å². The molecule has 0 radical (unpaired) electrons. The molecule has 1 heterocycles. The number of aromatic hydroxyl groups is 1. The first kappa shape index (κ1) is 13.2. The van der Waals surface area contributed by atoms with Crippen molar-refractivity contribution in [3.05, 3.63) is 34.5 Å². The number of halogens is 1. The van der Waals surface area contributed by atoms with E-state index in [1.54, 1.807) is 18.2 Å². The number of nitrogens with two attached hydrogens (primary N) is 1. The van der Waals surface area contributed by atoms with Crippen molar-refractivity contribution in [3.63, 3.8) is 0 Å². The van der Waals surface area contributed by atoms with Crippen LogP contribution in [-0.4, -0.2) is 15.1 Å². The Hall–Kier alpha value is -1.81. The minimum atomic E-state index is 0.0538. The quantitative estimate of drug-likeness (QED) is 0.790. The van der Waals surface area contributed by atoms with Gasteiger partial charge in [0.15, 0.2) is 5.82 Å². The minimum Gasteiger partial charge on any atom is -0.506 e. The highest BCUT2D eigenvalue weighted by Crippen LogP contribution is 2.30. The Balaban J connectivity index is 2.08. The second kappa shape index (κ2) is 5.29. The number of nitrogen functional groups attached to an aromatic ring is 1. The number of phenolic OH excluding ortho intramolecular Hbond substituents is 1. The second-order valence-electron chi connectivity index (χ2n) is 5.08. The maximum absolute atomic E-state index is 9.48. The standard InChI is InChI=1S/C15H16ClN3O/c16-11-8-9(6-7-13(11)20)15-18-12-5-3-1-2-4-10(12)14(17)19-15/h6-8,20H,1-5H2,(H2,17,18,19). The molecular weight excluding hydrogens is 274 g/mol. The smallest absolute Gasteiger partial charge is 0.161 e. The van der Waals surface area contributed by atoms with Gasteiger partial charge in [-0.05, 0) is 43.9 Å². The number of benzene rings is 1. The van der Waals surface area contributed by atoms with Gasteiger partial charge in [-0.25, -0.2) is 9.97 Å². The molecule has 0 unspecified atom stereocenters. The Bertz CT molecular complexity index is 658. The van der Waals surface area contributed by atoms with E-state index >= 15 is 0 Å². The van der Waals surface area contributed by atoms with Crippen molar-refractivity contribution in [1.29, 1.82) is 0 Å². The van der Waals surface area contributed by atoms with Crippen LogP contribution in [0.25, 0.3) is 11.4 Å². The molecular formula is C15H16ClN3O. The lowest BCUT2D eigenvalue weighted by Crippen LogP contribution is -2.06. The van der Waals surface area contributed by atoms with E-state index in [4.69, 9.17) is 17.3 Å². The Morgan fingerprint density at radius 3 is 2.70 bits per heavy atom. The molecule has 3 N–H and O–H groups in total. The molecule has 0 fully saturated rings. The first-order valence-corrected chi connectivity index (χ1v) is 7.17. The van der Waals surface area contributed by atoms with Gasteiger partial charge in [-0.1, -0.05) is 18.0 Å². The van der Waals surface area contributed by atoms with Crippen LogP contribution < -0.4 is 5.73 Å². The summed E-state index contributed by atoms with van der Waals surface area (Å²) in [6.07, 6.45) is 5.39. The summed E-state index contributed by atoms with van der Waals surface area (Å²) >= 11 is 5.94. The number of hydrogen-bond donors (Lipinski definition) is 2. The third kappa shape index (κ3) is 2.43. The Labute approximate surface area is 122 Å². The first-order chi connectivity index (χ1) is 9.65. The fourth-order valence-electron chi connectivity index (χ4n) is 2.57. The normalized spacial score (nSPS) is 14.7. The molecule has 3 rings (SSSR count). The number of rotatable bonds is 1. The monoisotopic (exact) mass is 289 g/mol. The number of anilines is 1. The van der Waals surface area contributed by atoms with E-state index in [0.29, 0.717) is 16.7 Å². The van der Waals surface area contributed by atoms with E-state index < -0.39 is 0 Å². The molecule has 1 aliphatic rings.